The molecule has 1 aliphatic rings. The first kappa shape index (κ1) is 17.6. The van der Waals surface area contributed by atoms with E-state index in [9.17, 15) is 19.2 Å². The standard InChI is InChI=1S/C20H16N4O4/c1-23-18(26)13-7-6-12(10-15(13)19(23)27)22-17(25)8-9-24-11-21-16-5-3-2-4-14(16)20(24)28/h2-7,10-11H,8-9H2,1H3,(H,22,25). The zero-order valence-electron chi connectivity index (χ0n) is 15.0. The maximum atomic E-state index is 12.4. The molecule has 0 saturated carbocycles. The van der Waals surface area contributed by atoms with E-state index < -0.39 is 5.91 Å². The van der Waals surface area contributed by atoms with E-state index in [2.05, 4.69) is 10.3 Å². The van der Waals surface area contributed by atoms with Crippen LogP contribution in [0.3, 0.4) is 0 Å². The van der Waals surface area contributed by atoms with Crippen LogP contribution in [0.4, 0.5) is 5.69 Å². The minimum Gasteiger partial charge on any atom is -0.326 e. The normalized spacial score (nSPS) is 13.1. The van der Waals surface area contributed by atoms with Crippen LogP contribution in [0, 0.1) is 0 Å². The molecule has 0 saturated heterocycles. The number of hydrogen-bond donors (Lipinski definition) is 1. The van der Waals surface area contributed by atoms with E-state index in [0.29, 0.717) is 22.2 Å². The Morgan fingerprint density at radius 3 is 2.61 bits per heavy atom. The summed E-state index contributed by atoms with van der Waals surface area (Å²) in [6.07, 6.45) is 1.48. The third-order valence-corrected chi connectivity index (χ3v) is 4.68. The minimum absolute atomic E-state index is 0.0593. The van der Waals surface area contributed by atoms with Crippen LogP contribution < -0.4 is 10.9 Å². The number of nitrogens with one attached hydrogen (secondary N) is 1. The van der Waals surface area contributed by atoms with Crippen LogP contribution in [-0.2, 0) is 11.3 Å². The lowest BCUT2D eigenvalue weighted by molar-refractivity contribution is -0.116. The molecule has 1 aliphatic heterocycles. The molecule has 2 heterocycles. The van der Waals surface area contributed by atoms with Crippen molar-refractivity contribution >= 4 is 34.3 Å². The topological polar surface area (TPSA) is 101 Å². The molecule has 0 atom stereocenters. The summed E-state index contributed by atoms with van der Waals surface area (Å²) in [5.74, 6) is -1.07. The molecular formula is C20H16N4O4. The molecule has 140 valence electrons. The predicted molar refractivity (Wildman–Crippen MR) is 102 cm³/mol. The Bertz CT molecular complexity index is 1200. The number of aromatic nitrogens is 2. The number of aryl methyl sites for hydroxylation is 1. The van der Waals surface area contributed by atoms with Crippen molar-refractivity contribution in [3.05, 3.63) is 70.3 Å². The summed E-state index contributed by atoms with van der Waals surface area (Å²) in [7, 11) is 1.41. The molecule has 0 radical (unpaired) electrons. The van der Waals surface area contributed by atoms with E-state index in [-0.39, 0.29) is 35.9 Å². The lowest BCUT2D eigenvalue weighted by atomic mass is 10.1. The van der Waals surface area contributed by atoms with E-state index in [0.717, 1.165) is 4.90 Å². The van der Waals surface area contributed by atoms with E-state index in [1.54, 1.807) is 30.3 Å². The van der Waals surface area contributed by atoms with Gasteiger partial charge < -0.3 is 5.32 Å². The number of amides is 3. The van der Waals surface area contributed by atoms with Crippen molar-refractivity contribution in [1.29, 1.82) is 0 Å². The fourth-order valence-corrected chi connectivity index (χ4v) is 3.15. The van der Waals surface area contributed by atoms with Crippen molar-refractivity contribution in [2.75, 3.05) is 12.4 Å². The summed E-state index contributed by atoms with van der Waals surface area (Å²) < 4.78 is 1.39. The number of hydrogen-bond acceptors (Lipinski definition) is 5. The molecule has 0 unspecified atom stereocenters. The average Bonchev–Trinajstić information content (AvgIpc) is 2.91. The number of carbonyl (C=O) groups is 3. The number of imide groups is 1. The summed E-state index contributed by atoms with van der Waals surface area (Å²) in [5.41, 5.74) is 1.40. The Balaban J connectivity index is 1.46. The van der Waals surface area contributed by atoms with Gasteiger partial charge in [0.1, 0.15) is 0 Å². The highest BCUT2D eigenvalue weighted by Gasteiger charge is 2.32. The van der Waals surface area contributed by atoms with Gasteiger partial charge in [0.2, 0.25) is 5.91 Å². The van der Waals surface area contributed by atoms with Crippen LogP contribution in [0.1, 0.15) is 27.1 Å². The lowest BCUT2D eigenvalue weighted by Crippen LogP contribution is -2.24. The smallest absolute Gasteiger partial charge is 0.261 e. The maximum Gasteiger partial charge on any atom is 0.261 e. The largest absolute Gasteiger partial charge is 0.326 e. The highest BCUT2D eigenvalue weighted by molar-refractivity contribution is 6.21. The predicted octanol–water partition coefficient (Wildman–Crippen LogP) is 1.65. The van der Waals surface area contributed by atoms with Crippen molar-refractivity contribution in [1.82, 2.24) is 14.5 Å². The third kappa shape index (κ3) is 2.94. The zero-order valence-corrected chi connectivity index (χ0v) is 15.0. The van der Waals surface area contributed by atoms with Gasteiger partial charge in [-0.1, -0.05) is 12.1 Å². The fraction of sp³-hybridized carbons (Fsp3) is 0.150. The number of carbonyl (C=O) groups excluding carboxylic acids is 3. The average molecular weight is 376 g/mol. The van der Waals surface area contributed by atoms with Gasteiger partial charge in [0.15, 0.2) is 0 Å². The summed E-state index contributed by atoms with van der Waals surface area (Å²) in [5, 5.41) is 3.19. The van der Waals surface area contributed by atoms with Crippen LogP contribution in [0.15, 0.2) is 53.6 Å². The van der Waals surface area contributed by atoms with E-state index >= 15 is 0 Å². The van der Waals surface area contributed by atoms with Gasteiger partial charge in [-0.2, -0.15) is 0 Å². The number of nitrogens with zero attached hydrogens (tertiary/aromatic N) is 3. The highest BCUT2D eigenvalue weighted by atomic mass is 16.2. The zero-order chi connectivity index (χ0) is 19.8. The highest BCUT2D eigenvalue weighted by Crippen LogP contribution is 2.24. The molecule has 0 aliphatic carbocycles. The molecule has 28 heavy (non-hydrogen) atoms. The van der Waals surface area contributed by atoms with Gasteiger partial charge in [-0.05, 0) is 30.3 Å². The van der Waals surface area contributed by atoms with E-state index in [1.807, 2.05) is 0 Å². The van der Waals surface area contributed by atoms with Crippen LogP contribution in [0.5, 0.6) is 0 Å². The second-order valence-corrected chi connectivity index (χ2v) is 6.49. The fourth-order valence-electron chi connectivity index (χ4n) is 3.15. The van der Waals surface area contributed by atoms with Gasteiger partial charge >= 0.3 is 0 Å². The first-order chi connectivity index (χ1) is 13.5. The van der Waals surface area contributed by atoms with E-state index in [4.69, 9.17) is 0 Å². The van der Waals surface area contributed by atoms with Crippen LogP contribution in [-0.4, -0.2) is 39.2 Å². The number of fused-ring (bicyclic) bond motifs is 2. The van der Waals surface area contributed by atoms with Crippen molar-refractivity contribution in [2.24, 2.45) is 0 Å². The second-order valence-electron chi connectivity index (χ2n) is 6.49. The molecule has 4 rings (SSSR count). The van der Waals surface area contributed by atoms with Gasteiger partial charge in [0, 0.05) is 25.7 Å². The SMILES string of the molecule is CN1C(=O)c2ccc(NC(=O)CCn3cnc4ccccc4c3=O)cc2C1=O. The van der Waals surface area contributed by atoms with Gasteiger partial charge in [0.25, 0.3) is 17.4 Å². The second kappa shape index (κ2) is 6.73. The third-order valence-electron chi connectivity index (χ3n) is 4.68. The molecule has 8 nitrogen and oxygen atoms in total. The quantitative estimate of drug-likeness (QED) is 0.698. The van der Waals surface area contributed by atoms with Crippen molar-refractivity contribution in [2.45, 2.75) is 13.0 Å². The molecule has 0 bridgehead atoms. The van der Waals surface area contributed by atoms with Crippen molar-refractivity contribution in [3.63, 3.8) is 0 Å². The molecule has 3 amide bonds. The molecule has 8 heteroatoms. The van der Waals surface area contributed by atoms with Crippen LogP contribution >= 0.6 is 0 Å². The van der Waals surface area contributed by atoms with Gasteiger partial charge in [-0.15, -0.1) is 0 Å². The molecule has 3 aromatic rings. The van der Waals surface area contributed by atoms with Gasteiger partial charge in [0.05, 0.1) is 28.4 Å². The molecule has 2 aromatic carbocycles. The summed E-state index contributed by atoms with van der Waals surface area (Å²) in [6, 6.07) is 11.6. The molecule has 0 fully saturated rings. The monoisotopic (exact) mass is 376 g/mol. The molecular weight excluding hydrogens is 360 g/mol. The number of para-hydroxylation sites is 1. The molecule has 0 spiro atoms. The van der Waals surface area contributed by atoms with Crippen molar-refractivity contribution < 1.29 is 14.4 Å². The molecule has 1 N–H and O–H groups in total. The Hall–Kier alpha value is -3.81. The number of anilines is 1. The Morgan fingerprint density at radius 2 is 1.79 bits per heavy atom. The Labute approximate surface area is 159 Å². The number of rotatable bonds is 4. The van der Waals surface area contributed by atoms with Crippen molar-refractivity contribution in [3.8, 4) is 0 Å². The Kier molecular flexibility index (Phi) is 4.23. The summed E-state index contributed by atoms with van der Waals surface area (Å²) in [6.45, 7) is 0.174. The van der Waals surface area contributed by atoms with Gasteiger partial charge in [-0.3, -0.25) is 28.6 Å². The Morgan fingerprint density at radius 1 is 1.04 bits per heavy atom. The summed E-state index contributed by atoms with van der Waals surface area (Å²) in [4.78, 5) is 53.9. The van der Waals surface area contributed by atoms with E-state index in [1.165, 1.54) is 30.1 Å². The first-order valence-corrected chi connectivity index (χ1v) is 8.66. The maximum absolute atomic E-state index is 12.4. The number of benzene rings is 2. The first-order valence-electron chi connectivity index (χ1n) is 8.66. The van der Waals surface area contributed by atoms with Gasteiger partial charge in [-0.25, -0.2) is 4.98 Å². The van der Waals surface area contributed by atoms with Crippen LogP contribution in [0.25, 0.3) is 10.9 Å². The van der Waals surface area contributed by atoms with Crippen LogP contribution in [0.2, 0.25) is 0 Å². The minimum atomic E-state index is -0.398. The summed E-state index contributed by atoms with van der Waals surface area (Å²) >= 11 is 0. The lowest BCUT2D eigenvalue weighted by Gasteiger charge is -2.08. The molecule has 1 aromatic heterocycles.